The van der Waals surface area contributed by atoms with Gasteiger partial charge in [-0.1, -0.05) is 321 Å². The standard InChI is InChI=1S/C100H74BN3/c1-99(2,3)72-57-81(64-31-14-8-15-32-64)97(82(58-72)65-33-16-9-17-34-65)103-89-53-50-70(63-29-12-7-13-30-63)55-85(89)101-86-56-71(75-52-49-69-41-27-45-79-78-44-26-39-68-40-28-46-80(93(68)78)95(75)94(69)79)51-54-90(86)104(92-62-74(61-91(103)96(92)101)102-87-47-24-22-42-76(87)77-43-23-25-48-88(77)102)98-83(66-35-18-10-19-36-66)59-73(100(4,5)6)60-84(98)67-37-20-11-21-38-67/h7-62H,1-6H3. The predicted octanol–water partition coefficient (Wildman–Crippen LogP) is 25.5. The molecule has 0 N–H and O–H groups in total. The van der Waals surface area contributed by atoms with Gasteiger partial charge in [-0.3, -0.25) is 0 Å². The maximum Gasteiger partial charge on any atom is 0.252 e. The molecule has 17 aromatic carbocycles. The van der Waals surface area contributed by atoms with Crippen LogP contribution in [0.1, 0.15) is 52.7 Å². The lowest BCUT2D eigenvalue weighted by Gasteiger charge is -2.46. The first-order valence-electron chi connectivity index (χ1n) is 36.7. The summed E-state index contributed by atoms with van der Waals surface area (Å²) in [6.07, 6.45) is 0. The Hall–Kier alpha value is -12.5. The van der Waals surface area contributed by atoms with Crippen LogP contribution in [0, 0.1) is 0 Å². The van der Waals surface area contributed by atoms with Gasteiger partial charge in [-0.2, -0.15) is 0 Å². The molecular formula is C100H74BN3. The molecule has 0 unspecified atom stereocenters. The van der Waals surface area contributed by atoms with Crippen molar-refractivity contribution in [2.75, 3.05) is 9.80 Å². The zero-order chi connectivity index (χ0) is 69.7. The van der Waals surface area contributed by atoms with Crippen molar-refractivity contribution in [3.8, 4) is 72.4 Å². The number of hydrogen-bond donors (Lipinski definition) is 0. The van der Waals surface area contributed by atoms with Crippen LogP contribution in [-0.4, -0.2) is 11.3 Å². The maximum atomic E-state index is 2.73. The zero-order valence-electron chi connectivity index (χ0n) is 59.3. The highest BCUT2D eigenvalue weighted by Crippen LogP contribution is 2.56. The van der Waals surface area contributed by atoms with Gasteiger partial charge in [0, 0.05) is 55.8 Å². The highest BCUT2D eigenvalue weighted by Gasteiger charge is 2.46. The molecule has 0 saturated heterocycles. The first-order chi connectivity index (χ1) is 50.9. The Labute approximate surface area is 608 Å². The average Bonchev–Trinajstić information content (AvgIpc) is 0.918. The quantitative estimate of drug-likeness (QED) is 0.0811. The Kier molecular flexibility index (Phi) is 13.9. The molecule has 0 fully saturated rings. The van der Waals surface area contributed by atoms with E-state index < -0.39 is 0 Å². The van der Waals surface area contributed by atoms with Gasteiger partial charge >= 0.3 is 0 Å². The molecule has 3 nitrogen and oxygen atoms in total. The second-order valence-electron chi connectivity index (χ2n) is 30.7. The summed E-state index contributed by atoms with van der Waals surface area (Å²) in [5.74, 6) is 0. The molecule has 0 radical (unpaired) electrons. The number of nitrogens with zero attached hydrogens (tertiary/aromatic N) is 3. The van der Waals surface area contributed by atoms with E-state index >= 15 is 0 Å². The van der Waals surface area contributed by atoms with Crippen LogP contribution < -0.4 is 26.2 Å². The van der Waals surface area contributed by atoms with Crippen molar-refractivity contribution in [2.24, 2.45) is 0 Å². The van der Waals surface area contributed by atoms with Crippen LogP contribution in [0.4, 0.5) is 34.1 Å². The van der Waals surface area contributed by atoms with E-state index in [2.05, 4.69) is 396 Å². The molecule has 0 bridgehead atoms. The Balaban J connectivity index is 1.00. The van der Waals surface area contributed by atoms with E-state index in [0.29, 0.717) is 0 Å². The lowest BCUT2D eigenvalue weighted by molar-refractivity contribution is 0.590. The van der Waals surface area contributed by atoms with Crippen LogP contribution >= 0.6 is 0 Å². The summed E-state index contributed by atoms with van der Waals surface area (Å²) in [6, 6.07) is 129. The number of fused-ring (bicyclic) bond motifs is 9. The Morgan fingerprint density at radius 2 is 0.625 bits per heavy atom. The minimum atomic E-state index is -0.298. The van der Waals surface area contributed by atoms with E-state index in [4.69, 9.17) is 0 Å². The van der Waals surface area contributed by atoms with Gasteiger partial charge < -0.3 is 14.4 Å². The average molecular weight is 1330 g/mol. The topological polar surface area (TPSA) is 11.4 Å². The monoisotopic (exact) mass is 1330 g/mol. The Bertz CT molecular complexity index is 6280. The van der Waals surface area contributed by atoms with Crippen molar-refractivity contribution in [3.05, 3.63) is 351 Å². The molecule has 0 saturated carbocycles. The number of para-hydroxylation sites is 2. The van der Waals surface area contributed by atoms with Gasteiger partial charge in [-0.25, -0.2) is 0 Å². The van der Waals surface area contributed by atoms with Gasteiger partial charge in [0.1, 0.15) is 0 Å². The van der Waals surface area contributed by atoms with Gasteiger partial charge in [0.2, 0.25) is 0 Å². The zero-order valence-corrected chi connectivity index (χ0v) is 59.3. The molecule has 104 heavy (non-hydrogen) atoms. The lowest BCUT2D eigenvalue weighted by Crippen LogP contribution is -2.61. The van der Waals surface area contributed by atoms with Crippen LogP contribution in [0.25, 0.3) is 137 Å². The van der Waals surface area contributed by atoms with Crippen molar-refractivity contribution in [3.63, 3.8) is 0 Å². The molecule has 2 aliphatic heterocycles. The normalized spacial score (nSPS) is 12.8. The van der Waals surface area contributed by atoms with E-state index in [0.717, 1.165) is 95.4 Å². The SMILES string of the molecule is CC(C)(C)c1cc(-c2ccccc2)c(N2c3ccc(-c4ccccc4)cc3B3c4cc(-c5ccc6cccc7c8cccc9cccc(c5c67)c98)ccc4N(c4c(-c5ccccc5)cc(C(C)(C)C)cc4-c4ccccc4)c4cc(-n5c6ccccc6c6ccccc65)cc2c43)c(-c2ccccc2)c1. The van der Waals surface area contributed by atoms with Gasteiger partial charge in [-0.15, -0.1) is 0 Å². The molecule has 0 amide bonds. The van der Waals surface area contributed by atoms with Crippen LogP contribution in [0.15, 0.2) is 340 Å². The van der Waals surface area contributed by atoms with Crippen LogP contribution in [0.2, 0.25) is 0 Å². The fourth-order valence-corrected chi connectivity index (χ4v) is 17.6. The third-order valence-corrected chi connectivity index (χ3v) is 22.6. The fraction of sp³-hybridized carbons (Fsp3) is 0.0800. The van der Waals surface area contributed by atoms with Crippen molar-refractivity contribution in [1.82, 2.24) is 4.57 Å². The third-order valence-electron chi connectivity index (χ3n) is 22.6. The van der Waals surface area contributed by atoms with Crippen molar-refractivity contribution < 1.29 is 0 Å². The predicted molar refractivity (Wildman–Crippen MR) is 446 cm³/mol. The minimum Gasteiger partial charge on any atom is -0.310 e. The molecule has 4 heteroatoms. The smallest absolute Gasteiger partial charge is 0.252 e. The van der Waals surface area contributed by atoms with Crippen molar-refractivity contribution in [2.45, 2.75) is 52.4 Å². The summed E-state index contributed by atoms with van der Waals surface area (Å²) in [6.45, 7) is 13.9. The number of anilines is 6. The Morgan fingerprint density at radius 1 is 0.250 bits per heavy atom. The fourth-order valence-electron chi connectivity index (χ4n) is 17.6. The molecule has 3 heterocycles. The van der Waals surface area contributed by atoms with Gasteiger partial charge in [0.25, 0.3) is 6.71 Å². The number of rotatable bonds is 9. The molecule has 0 atom stereocenters. The van der Waals surface area contributed by atoms with E-state index in [1.165, 1.54) is 104 Å². The summed E-state index contributed by atoms with van der Waals surface area (Å²) in [5, 5.41) is 12.6. The summed E-state index contributed by atoms with van der Waals surface area (Å²) in [4.78, 5) is 5.44. The second-order valence-corrected chi connectivity index (χ2v) is 30.7. The molecule has 0 aliphatic carbocycles. The van der Waals surface area contributed by atoms with Crippen molar-refractivity contribution in [1.29, 1.82) is 0 Å². The second kappa shape index (κ2) is 23.5. The largest absolute Gasteiger partial charge is 0.310 e. The summed E-state index contributed by atoms with van der Waals surface area (Å²) in [7, 11) is 0. The van der Waals surface area contributed by atoms with E-state index in [9.17, 15) is 0 Å². The van der Waals surface area contributed by atoms with Crippen LogP contribution in [0.3, 0.4) is 0 Å². The van der Waals surface area contributed by atoms with Gasteiger partial charge in [-0.05, 0) is 187 Å². The van der Waals surface area contributed by atoms with Crippen LogP contribution in [0.5, 0.6) is 0 Å². The minimum absolute atomic E-state index is 0.199. The molecule has 492 valence electrons. The molecule has 18 aromatic rings. The maximum absolute atomic E-state index is 2.73. The number of hydrogen-bond acceptors (Lipinski definition) is 2. The number of benzene rings is 17. The summed E-state index contributed by atoms with van der Waals surface area (Å²) in [5.41, 5.74) is 29.9. The Morgan fingerprint density at radius 3 is 1.08 bits per heavy atom. The molecule has 20 rings (SSSR count). The van der Waals surface area contributed by atoms with Crippen LogP contribution in [-0.2, 0) is 10.8 Å². The number of aromatic nitrogens is 1. The summed E-state index contributed by atoms with van der Waals surface area (Å²) < 4.78 is 2.55. The van der Waals surface area contributed by atoms with Crippen molar-refractivity contribution >= 4 is 122 Å². The van der Waals surface area contributed by atoms with E-state index in [-0.39, 0.29) is 17.5 Å². The summed E-state index contributed by atoms with van der Waals surface area (Å²) >= 11 is 0. The van der Waals surface area contributed by atoms with Gasteiger partial charge in [0.15, 0.2) is 0 Å². The van der Waals surface area contributed by atoms with E-state index in [1.54, 1.807) is 0 Å². The molecule has 2 aliphatic rings. The van der Waals surface area contributed by atoms with E-state index in [1.807, 2.05) is 0 Å². The molecular weight excluding hydrogens is 1250 g/mol. The third kappa shape index (κ3) is 9.58. The van der Waals surface area contributed by atoms with Gasteiger partial charge in [0.05, 0.1) is 28.1 Å². The first-order valence-corrected chi connectivity index (χ1v) is 36.7. The highest BCUT2D eigenvalue weighted by molar-refractivity contribution is 7.00. The first kappa shape index (κ1) is 61.4. The molecule has 1 aromatic heterocycles. The lowest BCUT2D eigenvalue weighted by atomic mass is 9.33. The molecule has 0 spiro atoms. The highest BCUT2D eigenvalue weighted by atomic mass is 15.2.